The van der Waals surface area contributed by atoms with Crippen LogP contribution < -0.4 is 0 Å². The summed E-state index contributed by atoms with van der Waals surface area (Å²) in [5, 5.41) is 4.94. The molecule has 1 aliphatic rings. The first kappa shape index (κ1) is 19.1. The molecule has 35 heavy (non-hydrogen) atoms. The van der Waals surface area contributed by atoms with Gasteiger partial charge < -0.3 is 8.98 Å². The molecule has 2 heteroatoms. The summed E-state index contributed by atoms with van der Waals surface area (Å²) >= 11 is 0. The zero-order valence-electron chi connectivity index (χ0n) is 19.7. The molecule has 0 saturated heterocycles. The molecule has 0 radical (unpaired) electrons. The number of furan rings is 1. The monoisotopic (exact) mass is 449 g/mol. The predicted molar refractivity (Wildman–Crippen MR) is 146 cm³/mol. The normalized spacial score (nSPS) is 14.2. The summed E-state index contributed by atoms with van der Waals surface area (Å²) < 4.78 is 8.53. The number of rotatable bonds is 1. The van der Waals surface area contributed by atoms with Gasteiger partial charge in [0.15, 0.2) is 0 Å². The lowest BCUT2D eigenvalue weighted by Crippen LogP contribution is -2.26. The number of aromatic nitrogens is 1. The average molecular weight is 450 g/mol. The Morgan fingerprint density at radius 1 is 0.571 bits per heavy atom. The van der Waals surface area contributed by atoms with Crippen molar-refractivity contribution in [3.05, 3.63) is 114 Å². The lowest BCUT2D eigenvalue weighted by Gasteiger charge is -2.34. The highest BCUT2D eigenvalue weighted by Crippen LogP contribution is 2.47. The number of benzene rings is 5. The third-order valence-electron chi connectivity index (χ3n) is 7.99. The van der Waals surface area contributed by atoms with Crippen LogP contribution in [-0.2, 0) is 5.41 Å². The van der Waals surface area contributed by atoms with Crippen molar-refractivity contribution in [1.82, 2.24) is 4.57 Å². The predicted octanol–water partition coefficient (Wildman–Crippen LogP) is 8.99. The van der Waals surface area contributed by atoms with Crippen LogP contribution in [0.2, 0.25) is 0 Å². The van der Waals surface area contributed by atoms with Gasteiger partial charge in [-0.15, -0.1) is 0 Å². The van der Waals surface area contributed by atoms with Crippen molar-refractivity contribution in [2.24, 2.45) is 0 Å². The van der Waals surface area contributed by atoms with Crippen molar-refractivity contribution in [1.29, 1.82) is 0 Å². The Morgan fingerprint density at radius 3 is 2.17 bits per heavy atom. The highest BCUT2D eigenvalue weighted by atomic mass is 16.3. The molecule has 2 nitrogen and oxygen atoms in total. The minimum absolute atomic E-state index is 0.0450. The molecular formula is C33H23NO. The van der Waals surface area contributed by atoms with Crippen LogP contribution in [0.1, 0.15) is 25.0 Å². The van der Waals surface area contributed by atoms with Crippen LogP contribution in [0.15, 0.2) is 108 Å². The molecule has 8 rings (SSSR count). The molecule has 166 valence electrons. The zero-order chi connectivity index (χ0) is 23.3. The molecule has 5 aromatic carbocycles. The molecule has 0 saturated carbocycles. The Hall–Kier alpha value is -4.30. The lowest BCUT2D eigenvalue weighted by molar-refractivity contribution is 0.630. The molecule has 7 aromatic rings. The van der Waals surface area contributed by atoms with E-state index in [4.69, 9.17) is 4.42 Å². The first-order chi connectivity index (χ1) is 17.1. The largest absolute Gasteiger partial charge is 0.456 e. The maximum absolute atomic E-state index is 6.06. The number of para-hydroxylation sites is 3. The fourth-order valence-electron chi connectivity index (χ4n) is 6.25. The Morgan fingerprint density at radius 2 is 1.26 bits per heavy atom. The highest BCUT2D eigenvalue weighted by molar-refractivity contribution is 6.13. The van der Waals surface area contributed by atoms with Crippen molar-refractivity contribution in [2.75, 3.05) is 0 Å². The van der Waals surface area contributed by atoms with Gasteiger partial charge in [0.25, 0.3) is 0 Å². The summed E-state index contributed by atoms with van der Waals surface area (Å²) in [6.45, 7) is 4.69. The molecular weight excluding hydrogens is 426 g/mol. The van der Waals surface area contributed by atoms with Crippen LogP contribution in [0.25, 0.3) is 60.6 Å². The molecule has 0 spiro atoms. The van der Waals surface area contributed by atoms with E-state index in [0.717, 1.165) is 21.9 Å². The molecule has 0 atom stereocenters. The summed E-state index contributed by atoms with van der Waals surface area (Å²) in [7, 11) is 0. The Bertz CT molecular complexity index is 1980. The van der Waals surface area contributed by atoms with E-state index in [1.54, 1.807) is 0 Å². The van der Waals surface area contributed by atoms with E-state index >= 15 is 0 Å². The topological polar surface area (TPSA) is 18.1 Å². The van der Waals surface area contributed by atoms with E-state index in [1.165, 1.54) is 49.7 Å². The second kappa shape index (κ2) is 6.43. The lowest BCUT2D eigenvalue weighted by atomic mass is 9.75. The summed E-state index contributed by atoms with van der Waals surface area (Å²) in [5.74, 6) is 0. The number of hydrogen-bond acceptors (Lipinski definition) is 1. The molecule has 1 aliphatic heterocycles. The van der Waals surface area contributed by atoms with Gasteiger partial charge in [-0.3, -0.25) is 0 Å². The van der Waals surface area contributed by atoms with Crippen LogP contribution in [0, 0.1) is 0 Å². The van der Waals surface area contributed by atoms with Crippen LogP contribution >= 0.6 is 0 Å². The van der Waals surface area contributed by atoms with E-state index in [2.05, 4.69) is 109 Å². The summed E-state index contributed by atoms with van der Waals surface area (Å²) in [4.78, 5) is 0. The number of nitrogens with zero attached hydrogens (tertiary/aromatic N) is 1. The number of fused-ring (bicyclic) bond motifs is 8. The van der Waals surface area contributed by atoms with Gasteiger partial charge in [-0.1, -0.05) is 80.6 Å². The van der Waals surface area contributed by atoms with Crippen LogP contribution in [0.4, 0.5) is 0 Å². The first-order valence-electron chi connectivity index (χ1n) is 12.2. The van der Waals surface area contributed by atoms with E-state index in [-0.39, 0.29) is 5.41 Å². The van der Waals surface area contributed by atoms with Gasteiger partial charge in [0.2, 0.25) is 0 Å². The van der Waals surface area contributed by atoms with Gasteiger partial charge in [-0.2, -0.15) is 0 Å². The van der Waals surface area contributed by atoms with Crippen molar-refractivity contribution < 1.29 is 4.42 Å². The van der Waals surface area contributed by atoms with Crippen molar-refractivity contribution in [3.8, 4) is 16.8 Å². The van der Waals surface area contributed by atoms with Gasteiger partial charge >= 0.3 is 0 Å². The van der Waals surface area contributed by atoms with Gasteiger partial charge in [-0.25, -0.2) is 0 Å². The van der Waals surface area contributed by atoms with Crippen molar-refractivity contribution >= 4 is 43.7 Å². The third kappa shape index (κ3) is 2.39. The standard InChI is InChI=1S/C33H23NO/c1-33(2)26-10-4-5-12-29(26)34-28-16-14-20(18-24(28)23-9-7-11-27(33)32(23)34)21-15-17-31-25(19-21)22-8-3-6-13-30(22)35-31/h3-19H,1-2H3. The average Bonchev–Trinajstić information content (AvgIpc) is 3.43. The van der Waals surface area contributed by atoms with Crippen molar-refractivity contribution in [2.45, 2.75) is 19.3 Å². The van der Waals surface area contributed by atoms with Crippen LogP contribution in [-0.4, -0.2) is 4.57 Å². The zero-order valence-corrected chi connectivity index (χ0v) is 19.7. The Balaban J connectivity index is 1.43. The maximum Gasteiger partial charge on any atom is 0.135 e. The molecule has 0 aliphatic carbocycles. The minimum Gasteiger partial charge on any atom is -0.456 e. The van der Waals surface area contributed by atoms with Gasteiger partial charge in [0, 0.05) is 27.0 Å². The van der Waals surface area contributed by atoms with E-state index in [0.29, 0.717) is 0 Å². The quantitative estimate of drug-likeness (QED) is 0.244. The highest BCUT2D eigenvalue weighted by Gasteiger charge is 2.34. The van der Waals surface area contributed by atoms with Crippen molar-refractivity contribution in [3.63, 3.8) is 0 Å². The van der Waals surface area contributed by atoms with Gasteiger partial charge in [-0.05, 0) is 58.7 Å². The van der Waals surface area contributed by atoms with E-state index in [1.807, 2.05) is 12.1 Å². The smallest absolute Gasteiger partial charge is 0.135 e. The summed E-state index contributed by atoms with van der Waals surface area (Å²) in [6, 6.07) is 37.4. The van der Waals surface area contributed by atoms with Gasteiger partial charge in [0.05, 0.1) is 16.7 Å². The molecule has 2 aromatic heterocycles. The fraction of sp³-hybridized carbons (Fsp3) is 0.0909. The van der Waals surface area contributed by atoms with E-state index in [9.17, 15) is 0 Å². The second-order valence-electron chi connectivity index (χ2n) is 10.2. The van der Waals surface area contributed by atoms with Crippen LogP contribution in [0.3, 0.4) is 0 Å². The van der Waals surface area contributed by atoms with E-state index < -0.39 is 0 Å². The molecule has 3 heterocycles. The first-order valence-corrected chi connectivity index (χ1v) is 12.2. The molecule has 0 bridgehead atoms. The van der Waals surface area contributed by atoms with Gasteiger partial charge in [0.1, 0.15) is 11.2 Å². The fourth-order valence-corrected chi connectivity index (χ4v) is 6.25. The SMILES string of the molecule is CC1(C)c2ccccc2-n2c3ccc(-c4ccc5oc6ccccc6c5c4)cc3c3cccc1c32. The summed E-state index contributed by atoms with van der Waals surface area (Å²) in [5.41, 5.74) is 10.9. The molecule has 0 fully saturated rings. The molecule has 0 unspecified atom stereocenters. The van der Waals surface area contributed by atoms with Crippen LogP contribution in [0.5, 0.6) is 0 Å². The summed E-state index contributed by atoms with van der Waals surface area (Å²) in [6.07, 6.45) is 0. The number of hydrogen-bond donors (Lipinski definition) is 0. The Kier molecular flexibility index (Phi) is 3.50. The molecule has 0 N–H and O–H groups in total. The molecule has 0 amide bonds. The maximum atomic E-state index is 6.06. The minimum atomic E-state index is -0.0450. The third-order valence-corrected chi connectivity index (χ3v) is 7.99. The Labute approximate surface area is 203 Å². The second-order valence-corrected chi connectivity index (χ2v) is 10.2.